The van der Waals surface area contributed by atoms with Crippen molar-refractivity contribution in [3.8, 4) is 0 Å². The minimum atomic E-state index is -0.365. The Morgan fingerprint density at radius 3 is 3.00 bits per heavy atom. The predicted molar refractivity (Wildman–Crippen MR) is 71.8 cm³/mol. The molecular formula is C13H19N3O2. The fourth-order valence-electron chi connectivity index (χ4n) is 2.36. The summed E-state index contributed by atoms with van der Waals surface area (Å²) in [6.45, 7) is 3.78. The van der Waals surface area contributed by atoms with E-state index in [9.17, 15) is 4.79 Å². The van der Waals surface area contributed by atoms with Gasteiger partial charge in [0.25, 0.3) is 0 Å². The summed E-state index contributed by atoms with van der Waals surface area (Å²) in [6, 6.07) is 6.06. The first kappa shape index (κ1) is 12.5. The molecule has 0 bridgehead atoms. The van der Waals surface area contributed by atoms with Crippen LogP contribution in [0.4, 0.5) is 16.2 Å². The summed E-state index contributed by atoms with van der Waals surface area (Å²) in [5, 5.41) is 2.83. The van der Waals surface area contributed by atoms with Crippen LogP contribution in [0.25, 0.3) is 0 Å². The molecule has 1 heterocycles. The average Bonchev–Trinajstić information content (AvgIpc) is 2.77. The molecule has 0 aromatic heterocycles. The first-order chi connectivity index (χ1) is 8.60. The van der Waals surface area contributed by atoms with Crippen molar-refractivity contribution in [3.63, 3.8) is 0 Å². The highest BCUT2D eigenvalue weighted by atomic mass is 16.5. The van der Waals surface area contributed by atoms with E-state index in [0.717, 1.165) is 30.8 Å². The van der Waals surface area contributed by atoms with Gasteiger partial charge in [-0.3, -0.25) is 0 Å². The lowest BCUT2D eigenvalue weighted by molar-refractivity contribution is 0.167. The predicted octanol–water partition coefficient (Wildman–Crippen LogP) is 1.51. The normalized spacial score (nSPS) is 18.8. The number of carbonyl (C=O) groups excluding carboxylic acids is 1. The lowest BCUT2D eigenvalue weighted by Crippen LogP contribution is -2.37. The summed E-state index contributed by atoms with van der Waals surface area (Å²) in [4.78, 5) is 13.4. The van der Waals surface area contributed by atoms with Crippen LogP contribution in [0.3, 0.4) is 0 Å². The molecule has 1 aromatic rings. The number of anilines is 2. The Labute approximate surface area is 107 Å². The molecule has 0 saturated carbocycles. The number of aryl methyl sites for hydroxylation is 1. The van der Waals surface area contributed by atoms with Crippen molar-refractivity contribution in [1.29, 1.82) is 0 Å². The van der Waals surface area contributed by atoms with Gasteiger partial charge in [0.15, 0.2) is 0 Å². The Hall–Kier alpha value is -1.91. The summed E-state index contributed by atoms with van der Waals surface area (Å²) in [5.74, 6) is 0. The number of hydrogen-bond acceptors (Lipinski definition) is 4. The van der Waals surface area contributed by atoms with Crippen LogP contribution < -0.4 is 16.0 Å². The number of hydrogen-bond donors (Lipinski definition) is 2. The van der Waals surface area contributed by atoms with Gasteiger partial charge in [-0.2, -0.15) is 0 Å². The lowest BCUT2D eigenvalue weighted by Gasteiger charge is -2.21. The second-order valence-corrected chi connectivity index (χ2v) is 4.61. The zero-order valence-electron chi connectivity index (χ0n) is 10.8. The molecule has 0 spiro atoms. The van der Waals surface area contributed by atoms with Crippen LogP contribution in [0.2, 0.25) is 0 Å². The number of alkyl carbamates (subject to hydrolysis) is 1. The number of methoxy groups -OCH3 is 1. The first-order valence-corrected chi connectivity index (χ1v) is 6.05. The number of nitrogens with one attached hydrogen (secondary N) is 1. The Balaban J connectivity index is 2.02. The van der Waals surface area contributed by atoms with Crippen LogP contribution in [0.5, 0.6) is 0 Å². The molecule has 3 N–H and O–H groups in total. The molecule has 1 fully saturated rings. The maximum absolute atomic E-state index is 11.2. The fraction of sp³-hybridized carbons (Fsp3) is 0.462. The summed E-state index contributed by atoms with van der Waals surface area (Å²) in [6.07, 6.45) is 0.565. The summed E-state index contributed by atoms with van der Waals surface area (Å²) in [5.41, 5.74) is 8.86. The topological polar surface area (TPSA) is 67.6 Å². The summed E-state index contributed by atoms with van der Waals surface area (Å²) in [7, 11) is 1.38. The maximum Gasteiger partial charge on any atom is 0.407 e. The van der Waals surface area contributed by atoms with Crippen molar-refractivity contribution >= 4 is 17.5 Å². The number of nitrogens with two attached hydrogens (primary N) is 1. The van der Waals surface area contributed by atoms with Gasteiger partial charge in [0.05, 0.1) is 13.2 Å². The maximum atomic E-state index is 11.2. The third-order valence-corrected chi connectivity index (χ3v) is 3.26. The van der Waals surface area contributed by atoms with E-state index in [4.69, 9.17) is 5.73 Å². The van der Waals surface area contributed by atoms with E-state index in [2.05, 4.69) is 15.0 Å². The van der Waals surface area contributed by atoms with Crippen molar-refractivity contribution in [2.75, 3.05) is 30.8 Å². The minimum absolute atomic E-state index is 0.148. The molecule has 2 rings (SSSR count). The Morgan fingerprint density at radius 1 is 1.56 bits per heavy atom. The largest absolute Gasteiger partial charge is 0.453 e. The summed E-state index contributed by atoms with van der Waals surface area (Å²) >= 11 is 0. The number of carbonyl (C=O) groups is 1. The zero-order valence-corrected chi connectivity index (χ0v) is 10.8. The molecule has 1 unspecified atom stereocenters. The second kappa shape index (κ2) is 5.16. The summed E-state index contributed by atoms with van der Waals surface area (Å²) < 4.78 is 4.61. The van der Waals surface area contributed by atoms with E-state index >= 15 is 0 Å². The Kier molecular flexibility index (Phi) is 3.60. The van der Waals surface area contributed by atoms with Crippen molar-refractivity contribution < 1.29 is 9.53 Å². The third-order valence-electron chi connectivity index (χ3n) is 3.26. The van der Waals surface area contributed by atoms with Crippen LogP contribution in [-0.4, -0.2) is 32.3 Å². The van der Waals surface area contributed by atoms with Gasteiger partial charge < -0.3 is 20.7 Å². The van der Waals surface area contributed by atoms with Crippen molar-refractivity contribution in [2.24, 2.45) is 0 Å². The fourth-order valence-corrected chi connectivity index (χ4v) is 2.36. The molecule has 1 aromatic carbocycles. The van der Waals surface area contributed by atoms with Gasteiger partial charge in [-0.25, -0.2) is 4.79 Å². The van der Waals surface area contributed by atoms with E-state index in [1.54, 1.807) is 0 Å². The molecule has 1 aliphatic rings. The van der Waals surface area contributed by atoms with Crippen LogP contribution in [0.1, 0.15) is 12.0 Å². The highest BCUT2D eigenvalue weighted by molar-refractivity contribution is 5.68. The van der Waals surface area contributed by atoms with Crippen LogP contribution in [0, 0.1) is 6.92 Å². The van der Waals surface area contributed by atoms with Crippen LogP contribution in [0.15, 0.2) is 18.2 Å². The van der Waals surface area contributed by atoms with Gasteiger partial charge >= 0.3 is 6.09 Å². The quantitative estimate of drug-likeness (QED) is 0.780. The average molecular weight is 249 g/mol. The van der Waals surface area contributed by atoms with E-state index in [-0.39, 0.29) is 12.1 Å². The van der Waals surface area contributed by atoms with E-state index in [0.29, 0.717) is 0 Å². The van der Waals surface area contributed by atoms with Gasteiger partial charge in [-0.05, 0) is 37.1 Å². The molecule has 1 aliphatic heterocycles. The molecule has 1 amide bonds. The highest BCUT2D eigenvalue weighted by Crippen LogP contribution is 2.25. The number of nitrogen functional groups attached to an aromatic ring is 1. The number of nitrogens with zero attached hydrogens (tertiary/aromatic N) is 1. The molecule has 1 atom stereocenters. The van der Waals surface area contributed by atoms with Gasteiger partial charge in [-0.15, -0.1) is 0 Å². The number of amides is 1. The van der Waals surface area contributed by atoms with Gasteiger partial charge in [0, 0.05) is 24.5 Å². The molecule has 0 radical (unpaired) electrons. The molecule has 98 valence electrons. The monoisotopic (exact) mass is 249 g/mol. The van der Waals surface area contributed by atoms with Crippen LogP contribution >= 0.6 is 0 Å². The molecule has 5 nitrogen and oxygen atoms in total. The van der Waals surface area contributed by atoms with Crippen molar-refractivity contribution in [3.05, 3.63) is 23.8 Å². The molecule has 5 heteroatoms. The molecule has 18 heavy (non-hydrogen) atoms. The second-order valence-electron chi connectivity index (χ2n) is 4.61. The Bertz CT molecular complexity index is 448. The van der Waals surface area contributed by atoms with E-state index < -0.39 is 0 Å². The van der Waals surface area contributed by atoms with Crippen LogP contribution in [-0.2, 0) is 4.74 Å². The zero-order chi connectivity index (χ0) is 13.1. The smallest absolute Gasteiger partial charge is 0.407 e. The minimum Gasteiger partial charge on any atom is -0.453 e. The first-order valence-electron chi connectivity index (χ1n) is 6.05. The Morgan fingerprint density at radius 2 is 2.33 bits per heavy atom. The molecule has 1 saturated heterocycles. The van der Waals surface area contributed by atoms with Crippen molar-refractivity contribution in [1.82, 2.24) is 5.32 Å². The van der Waals surface area contributed by atoms with Gasteiger partial charge in [0.2, 0.25) is 0 Å². The number of ether oxygens (including phenoxy) is 1. The van der Waals surface area contributed by atoms with Crippen molar-refractivity contribution in [2.45, 2.75) is 19.4 Å². The number of rotatable bonds is 2. The standard InChI is InChI=1S/C13H19N3O2/c1-9-7-10(14)3-4-12(9)16-6-5-11(8-16)15-13(17)18-2/h3-4,7,11H,5-6,8,14H2,1-2H3,(H,15,17). The SMILES string of the molecule is COC(=O)NC1CCN(c2ccc(N)cc2C)C1. The third kappa shape index (κ3) is 2.67. The molecular weight excluding hydrogens is 230 g/mol. The van der Waals surface area contributed by atoms with E-state index in [1.165, 1.54) is 12.8 Å². The highest BCUT2D eigenvalue weighted by Gasteiger charge is 2.25. The molecule has 0 aliphatic carbocycles. The lowest BCUT2D eigenvalue weighted by atomic mass is 10.1. The van der Waals surface area contributed by atoms with Gasteiger partial charge in [0.1, 0.15) is 0 Å². The van der Waals surface area contributed by atoms with E-state index in [1.807, 2.05) is 25.1 Å². The number of benzene rings is 1. The van der Waals surface area contributed by atoms with Gasteiger partial charge in [-0.1, -0.05) is 0 Å².